The Bertz CT molecular complexity index is 320. The maximum atomic E-state index is 12.2. The van der Waals surface area contributed by atoms with Gasteiger partial charge in [0.15, 0.2) is 0 Å². The molecule has 0 bridgehead atoms. The van der Waals surface area contributed by atoms with Gasteiger partial charge in [-0.2, -0.15) is 11.8 Å². The van der Waals surface area contributed by atoms with Crippen LogP contribution in [0, 0.1) is 0 Å². The largest absolute Gasteiger partial charge is 0.481 e. The molecule has 2 aliphatic heterocycles. The number of morpholine rings is 1. The van der Waals surface area contributed by atoms with Crippen molar-refractivity contribution in [1.29, 1.82) is 0 Å². The molecule has 0 aromatic carbocycles. The summed E-state index contributed by atoms with van der Waals surface area (Å²) in [5, 5.41) is 8.74. The maximum absolute atomic E-state index is 12.2. The predicted octanol–water partition coefficient (Wildman–Crippen LogP) is 0.331. The number of urea groups is 1. The Morgan fingerprint density at radius 3 is 2.61 bits per heavy atom. The third kappa shape index (κ3) is 3.52. The highest BCUT2D eigenvalue weighted by atomic mass is 32.2. The van der Waals surface area contributed by atoms with E-state index in [0.717, 1.165) is 24.6 Å². The maximum Gasteiger partial charge on any atom is 0.320 e. The lowest BCUT2D eigenvalue weighted by Gasteiger charge is -2.37. The summed E-state index contributed by atoms with van der Waals surface area (Å²) in [6.45, 7) is 2.93. The second-order valence-corrected chi connectivity index (χ2v) is 5.64. The molecule has 2 rings (SSSR count). The van der Waals surface area contributed by atoms with Crippen LogP contribution in [0.15, 0.2) is 0 Å². The van der Waals surface area contributed by atoms with Crippen molar-refractivity contribution in [2.45, 2.75) is 12.5 Å². The van der Waals surface area contributed by atoms with Gasteiger partial charge in [-0.25, -0.2) is 4.79 Å². The molecule has 0 aliphatic carbocycles. The average molecular weight is 274 g/mol. The Morgan fingerprint density at radius 2 is 1.94 bits per heavy atom. The van der Waals surface area contributed by atoms with Crippen molar-refractivity contribution in [1.82, 2.24) is 9.80 Å². The van der Waals surface area contributed by atoms with Crippen molar-refractivity contribution in [2.75, 3.05) is 44.3 Å². The highest BCUT2D eigenvalue weighted by Crippen LogP contribution is 2.15. The molecule has 2 amide bonds. The van der Waals surface area contributed by atoms with Gasteiger partial charge in [0.2, 0.25) is 0 Å². The Hall–Kier alpha value is -0.950. The molecule has 2 saturated heterocycles. The van der Waals surface area contributed by atoms with Crippen LogP contribution in [0.3, 0.4) is 0 Å². The zero-order chi connectivity index (χ0) is 13.0. The van der Waals surface area contributed by atoms with E-state index in [9.17, 15) is 9.59 Å². The Balaban J connectivity index is 1.87. The number of hydrogen-bond acceptors (Lipinski definition) is 4. The van der Waals surface area contributed by atoms with Gasteiger partial charge in [0, 0.05) is 37.7 Å². The van der Waals surface area contributed by atoms with Gasteiger partial charge in [-0.15, -0.1) is 0 Å². The molecule has 2 fully saturated rings. The van der Waals surface area contributed by atoms with Gasteiger partial charge in [-0.3, -0.25) is 4.79 Å². The molecule has 0 radical (unpaired) electrons. The predicted molar refractivity (Wildman–Crippen MR) is 67.9 cm³/mol. The molecule has 1 unspecified atom stereocenters. The molecule has 0 aromatic rings. The molecule has 1 atom stereocenters. The average Bonchev–Trinajstić information content (AvgIpc) is 2.38. The van der Waals surface area contributed by atoms with Crippen LogP contribution in [-0.2, 0) is 9.53 Å². The molecule has 0 saturated carbocycles. The van der Waals surface area contributed by atoms with Crippen LogP contribution >= 0.6 is 11.8 Å². The van der Waals surface area contributed by atoms with Crippen molar-refractivity contribution in [3.05, 3.63) is 0 Å². The fourth-order valence-corrected chi connectivity index (χ4v) is 3.07. The first-order valence-electron chi connectivity index (χ1n) is 6.12. The number of carboxylic acids is 1. The second-order valence-electron chi connectivity index (χ2n) is 4.42. The van der Waals surface area contributed by atoms with Crippen LogP contribution in [0.1, 0.15) is 6.42 Å². The van der Waals surface area contributed by atoms with Crippen LogP contribution in [0.2, 0.25) is 0 Å². The van der Waals surface area contributed by atoms with E-state index >= 15 is 0 Å². The van der Waals surface area contributed by atoms with Gasteiger partial charge in [0.05, 0.1) is 19.1 Å². The summed E-state index contributed by atoms with van der Waals surface area (Å²) in [7, 11) is 0. The molecule has 0 spiro atoms. The molecular formula is C11H18N2O4S. The molecule has 1 N–H and O–H groups in total. The standard InChI is InChI=1S/C11H18N2O4S/c14-10(15)7-9-8-13(1-4-17-9)11(16)12-2-5-18-6-3-12/h9H,1-8H2,(H,14,15). The summed E-state index contributed by atoms with van der Waals surface area (Å²) in [6, 6.07) is 0.0222. The molecule has 2 aliphatic rings. The number of aliphatic carboxylic acids is 1. The van der Waals surface area contributed by atoms with Gasteiger partial charge in [0.25, 0.3) is 0 Å². The van der Waals surface area contributed by atoms with Crippen LogP contribution in [-0.4, -0.2) is 77.3 Å². The first kappa shape index (κ1) is 13.5. The van der Waals surface area contributed by atoms with Crippen molar-refractivity contribution in [3.8, 4) is 0 Å². The highest BCUT2D eigenvalue weighted by Gasteiger charge is 2.29. The van der Waals surface area contributed by atoms with Gasteiger partial charge >= 0.3 is 12.0 Å². The first-order chi connectivity index (χ1) is 8.66. The Labute approximate surface area is 110 Å². The van der Waals surface area contributed by atoms with Crippen LogP contribution in [0.4, 0.5) is 4.79 Å². The van der Waals surface area contributed by atoms with Crippen molar-refractivity contribution in [2.24, 2.45) is 0 Å². The fourth-order valence-electron chi connectivity index (χ4n) is 2.17. The van der Waals surface area contributed by atoms with E-state index in [1.54, 1.807) is 4.90 Å². The molecule has 6 nitrogen and oxygen atoms in total. The number of carbonyl (C=O) groups excluding carboxylic acids is 1. The summed E-state index contributed by atoms with van der Waals surface area (Å²) in [4.78, 5) is 26.4. The summed E-state index contributed by atoms with van der Waals surface area (Å²) >= 11 is 1.86. The molecular weight excluding hydrogens is 256 g/mol. The number of ether oxygens (including phenoxy) is 1. The zero-order valence-electron chi connectivity index (χ0n) is 10.2. The number of thioether (sulfide) groups is 1. The number of nitrogens with zero attached hydrogens (tertiary/aromatic N) is 2. The minimum atomic E-state index is -0.885. The van der Waals surface area contributed by atoms with E-state index in [0.29, 0.717) is 19.7 Å². The van der Waals surface area contributed by atoms with E-state index in [1.807, 2.05) is 16.7 Å². The minimum absolute atomic E-state index is 0.0222. The zero-order valence-corrected chi connectivity index (χ0v) is 11.0. The lowest BCUT2D eigenvalue weighted by molar-refractivity contribution is -0.141. The number of rotatable bonds is 2. The van der Waals surface area contributed by atoms with Gasteiger partial charge < -0.3 is 19.6 Å². The smallest absolute Gasteiger partial charge is 0.320 e. The van der Waals surface area contributed by atoms with Crippen LogP contribution in [0.25, 0.3) is 0 Å². The van der Waals surface area contributed by atoms with Crippen molar-refractivity contribution in [3.63, 3.8) is 0 Å². The molecule has 102 valence electrons. The molecule has 18 heavy (non-hydrogen) atoms. The third-order valence-corrected chi connectivity index (χ3v) is 4.04. The second kappa shape index (κ2) is 6.29. The summed E-state index contributed by atoms with van der Waals surface area (Å²) in [5.41, 5.74) is 0. The number of hydrogen-bond donors (Lipinski definition) is 1. The molecule has 2 heterocycles. The van der Waals surface area contributed by atoms with E-state index in [2.05, 4.69) is 0 Å². The Morgan fingerprint density at radius 1 is 1.22 bits per heavy atom. The van der Waals surface area contributed by atoms with E-state index in [1.165, 1.54) is 0 Å². The normalized spacial score (nSPS) is 25.0. The quantitative estimate of drug-likeness (QED) is 0.786. The first-order valence-corrected chi connectivity index (χ1v) is 7.27. The number of carbonyl (C=O) groups is 2. The van der Waals surface area contributed by atoms with E-state index < -0.39 is 5.97 Å². The SMILES string of the molecule is O=C(O)CC1CN(C(=O)N2CCSCC2)CCO1. The molecule has 0 aromatic heterocycles. The lowest BCUT2D eigenvalue weighted by atomic mass is 10.2. The topological polar surface area (TPSA) is 70.1 Å². The Kier molecular flexibility index (Phi) is 4.71. The lowest BCUT2D eigenvalue weighted by Crippen LogP contribution is -2.53. The minimum Gasteiger partial charge on any atom is -0.481 e. The monoisotopic (exact) mass is 274 g/mol. The van der Waals surface area contributed by atoms with Crippen LogP contribution in [0.5, 0.6) is 0 Å². The number of carboxylic acid groups (broad SMARTS) is 1. The summed E-state index contributed by atoms with van der Waals surface area (Å²) in [5.74, 6) is 1.08. The van der Waals surface area contributed by atoms with Gasteiger partial charge in [0.1, 0.15) is 0 Å². The van der Waals surface area contributed by atoms with Gasteiger partial charge in [-0.1, -0.05) is 0 Å². The van der Waals surface area contributed by atoms with E-state index in [4.69, 9.17) is 9.84 Å². The van der Waals surface area contributed by atoms with Crippen molar-refractivity contribution < 1.29 is 19.4 Å². The van der Waals surface area contributed by atoms with Gasteiger partial charge in [-0.05, 0) is 0 Å². The fraction of sp³-hybridized carbons (Fsp3) is 0.818. The number of amides is 2. The highest BCUT2D eigenvalue weighted by molar-refractivity contribution is 7.99. The summed E-state index contributed by atoms with van der Waals surface area (Å²) < 4.78 is 5.36. The van der Waals surface area contributed by atoms with Crippen molar-refractivity contribution >= 4 is 23.8 Å². The third-order valence-electron chi connectivity index (χ3n) is 3.09. The van der Waals surface area contributed by atoms with E-state index in [-0.39, 0.29) is 18.6 Å². The molecule has 7 heteroatoms. The summed E-state index contributed by atoms with van der Waals surface area (Å²) in [6.07, 6.45) is -0.418. The van der Waals surface area contributed by atoms with Crippen LogP contribution < -0.4 is 0 Å².